The van der Waals surface area contributed by atoms with Crippen LogP contribution >= 0.6 is 0 Å². The quantitative estimate of drug-likeness (QED) is 0.165. The molecule has 0 amide bonds. The molecule has 4 aromatic rings. The van der Waals surface area contributed by atoms with Gasteiger partial charge in [-0.15, -0.1) is 13.2 Å². The van der Waals surface area contributed by atoms with E-state index < -0.39 is 0 Å². The molecule has 38 heavy (non-hydrogen) atoms. The third-order valence-electron chi connectivity index (χ3n) is 6.35. The van der Waals surface area contributed by atoms with Crippen LogP contribution in [-0.2, 0) is 0 Å². The van der Waals surface area contributed by atoms with Gasteiger partial charge in [0.1, 0.15) is 17.3 Å². The minimum atomic E-state index is 0.232. The number of hydrogen-bond acceptors (Lipinski definition) is 4. The van der Waals surface area contributed by atoms with E-state index in [1.807, 2.05) is 26.2 Å². The predicted molar refractivity (Wildman–Crippen MR) is 160 cm³/mol. The van der Waals surface area contributed by atoms with Gasteiger partial charge in [-0.1, -0.05) is 58.7 Å². The van der Waals surface area contributed by atoms with Crippen LogP contribution in [0.5, 0.6) is 0 Å². The molecule has 6 nitrogen and oxygen atoms in total. The first-order valence-electron chi connectivity index (χ1n) is 13.7. The lowest BCUT2D eigenvalue weighted by Gasteiger charge is -2.17. The van der Waals surface area contributed by atoms with E-state index in [0.717, 1.165) is 53.5 Å². The topological polar surface area (TPSA) is 81.4 Å². The summed E-state index contributed by atoms with van der Waals surface area (Å²) in [5, 5.41) is 9.38. The van der Waals surface area contributed by atoms with Crippen LogP contribution < -0.4 is 10.6 Å². The van der Waals surface area contributed by atoms with E-state index in [4.69, 9.17) is 0 Å². The van der Waals surface area contributed by atoms with E-state index in [0.29, 0.717) is 12.1 Å². The van der Waals surface area contributed by atoms with Gasteiger partial charge >= 0.3 is 0 Å². The van der Waals surface area contributed by atoms with Crippen LogP contribution in [0.2, 0.25) is 0 Å². The van der Waals surface area contributed by atoms with Crippen molar-refractivity contribution >= 4 is 10.8 Å². The third-order valence-corrected chi connectivity index (χ3v) is 6.35. The van der Waals surface area contributed by atoms with Gasteiger partial charge in [-0.2, -0.15) is 0 Å². The minimum Gasteiger partial charge on any atom is -0.341 e. The molecule has 200 valence electrons. The average molecular weight is 511 g/mol. The number of nitrogens with one attached hydrogen (secondary N) is 4. The Morgan fingerprint density at radius 3 is 2.47 bits per heavy atom. The van der Waals surface area contributed by atoms with Gasteiger partial charge in [0.25, 0.3) is 0 Å². The standard InChI is InChI=1S/C28H32N6.C2H6.C2H4/c1-4-24(32-18(2)3)27-31-17-26(34-27)22-11-10-20-14-19(7-9-21(20)15-22)8-12-23-16-30-28(33-23)25-6-5-13-29-25;2*1-2/h7,9-11,14-18,24-25,29,32H,4-6,13H2,1-3H3,(H,30,33)(H,31,34);1-2H3;1-2H2/t24-,25-;;/m0../s1. The molecule has 0 aliphatic carbocycles. The Balaban J connectivity index is 0.000000956. The molecule has 2 aromatic heterocycles. The Morgan fingerprint density at radius 2 is 1.76 bits per heavy atom. The number of fused-ring (bicyclic) bond motifs is 1. The molecule has 2 aromatic carbocycles. The van der Waals surface area contributed by atoms with Crippen LogP contribution in [-0.4, -0.2) is 32.5 Å². The number of benzene rings is 2. The molecule has 2 atom stereocenters. The molecule has 4 N–H and O–H groups in total. The van der Waals surface area contributed by atoms with Gasteiger partial charge in [-0.3, -0.25) is 0 Å². The van der Waals surface area contributed by atoms with E-state index >= 15 is 0 Å². The van der Waals surface area contributed by atoms with Crippen molar-refractivity contribution in [2.24, 2.45) is 0 Å². The van der Waals surface area contributed by atoms with Crippen LogP contribution in [0.15, 0.2) is 61.9 Å². The number of imidazole rings is 2. The van der Waals surface area contributed by atoms with Crippen LogP contribution in [0.3, 0.4) is 0 Å². The van der Waals surface area contributed by atoms with Crippen molar-refractivity contribution in [1.82, 2.24) is 30.6 Å². The number of hydrogen-bond donors (Lipinski definition) is 4. The van der Waals surface area contributed by atoms with E-state index in [1.54, 1.807) is 0 Å². The summed E-state index contributed by atoms with van der Waals surface area (Å²) in [6.45, 7) is 17.6. The highest BCUT2D eigenvalue weighted by Gasteiger charge is 2.18. The Bertz CT molecular complexity index is 1350. The number of nitrogens with zero attached hydrogens (tertiary/aromatic N) is 2. The monoisotopic (exact) mass is 510 g/mol. The molecule has 5 rings (SSSR count). The maximum atomic E-state index is 4.64. The first-order valence-corrected chi connectivity index (χ1v) is 13.7. The zero-order valence-corrected chi connectivity index (χ0v) is 23.5. The lowest BCUT2D eigenvalue weighted by molar-refractivity contribution is 0.451. The maximum Gasteiger partial charge on any atom is 0.124 e. The Morgan fingerprint density at radius 1 is 1.00 bits per heavy atom. The molecule has 0 saturated carbocycles. The van der Waals surface area contributed by atoms with Crippen LogP contribution in [0.25, 0.3) is 22.0 Å². The second kappa shape index (κ2) is 14.3. The summed E-state index contributed by atoms with van der Waals surface area (Å²) < 4.78 is 0. The second-order valence-electron chi connectivity index (χ2n) is 9.32. The minimum absolute atomic E-state index is 0.232. The number of rotatable bonds is 6. The number of aromatic amines is 2. The molecule has 1 aliphatic heterocycles. The summed E-state index contributed by atoms with van der Waals surface area (Å²) >= 11 is 0. The van der Waals surface area contributed by atoms with Gasteiger partial charge in [-0.25, -0.2) is 9.97 Å². The van der Waals surface area contributed by atoms with Crippen molar-refractivity contribution in [3.63, 3.8) is 0 Å². The first kappa shape index (κ1) is 28.9. The van der Waals surface area contributed by atoms with Gasteiger partial charge < -0.3 is 20.6 Å². The molecule has 0 bridgehead atoms. The fourth-order valence-electron chi connectivity index (χ4n) is 4.58. The summed E-state index contributed by atoms with van der Waals surface area (Å²) in [7, 11) is 0. The number of H-pyrrole nitrogens is 2. The summed E-state index contributed by atoms with van der Waals surface area (Å²) in [4.78, 5) is 16.0. The fraction of sp³-hybridized carbons (Fsp3) is 0.375. The van der Waals surface area contributed by atoms with Gasteiger partial charge in [0.2, 0.25) is 0 Å². The van der Waals surface area contributed by atoms with Crippen molar-refractivity contribution in [3.8, 4) is 23.1 Å². The van der Waals surface area contributed by atoms with Crippen molar-refractivity contribution in [2.75, 3.05) is 6.54 Å². The molecule has 0 unspecified atom stereocenters. The lowest BCUT2D eigenvalue weighted by atomic mass is 10.0. The second-order valence-corrected chi connectivity index (χ2v) is 9.32. The zero-order chi connectivity index (χ0) is 27.5. The largest absolute Gasteiger partial charge is 0.341 e. The molecule has 1 aliphatic rings. The van der Waals surface area contributed by atoms with E-state index in [2.05, 4.69) is 113 Å². The van der Waals surface area contributed by atoms with Gasteiger partial charge in [-0.05, 0) is 60.7 Å². The fourth-order valence-corrected chi connectivity index (χ4v) is 4.58. The van der Waals surface area contributed by atoms with Crippen molar-refractivity contribution in [3.05, 3.63) is 84.9 Å². The Hall–Kier alpha value is -3.66. The molecule has 0 radical (unpaired) electrons. The summed E-state index contributed by atoms with van der Waals surface area (Å²) in [6, 6.07) is 13.8. The molecular weight excluding hydrogens is 468 g/mol. The van der Waals surface area contributed by atoms with Crippen LogP contribution in [0, 0.1) is 11.8 Å². The predicted octanol–water partition coefficient (Wildman–Crippen LogP) is 7.05. The third kappa shape index (κ3) is 7.22. The van der Waals surface area contributed by atoms with Crippen molar-refractivity contribution < 1.29 is 0 Å². The highest BCUT2D eigenvalue weighted by molar-refractivity contribution is 5.88. The van der Waals surface area contributed by atoms with E-state index in [9.17, 15) is 0 Å². The first-order chi connectivity index (χ1) is 18.6. The molecule has 6 heteroatoms. The zero-order valence-electron chi connectivity index (χ0n) is 23.5. The molecule has 1 fully saturated rings. The van der Waals surface area contributed by atoms with Gasteiger partial charge in [0.15, 0.2) is 0 Å². The highest BCUT2D eigenvalue weighted by Crippen LogP contribution is 2.26. The van der Waals surface area contributed by atoms with Crippen LogP contribution in [0.1, 0.15) is 88.9 Å². The molecule has 0 spiro atoms. The average Bonchev–Trinajstić information content (AvgIpc) is 3.74. The van der Waals surface area contributed by atoms with E-state index in [1.165, 1.54) is 17.2 Å². The SMILES string of the molecule is C=C.CC.CC[C@H](NC(C)C)c1ncc(-c2ccc3cc(C#Cc4cnc([C@@H]5CCCN5)[nH]4)ccc3c2)[nH]1. The summed E-state index contributed by atoms with van der Waals surface area (Å²) in [5.74, 6) is 8.47. The van der Waals surface area contributed by atoms with Gasteiger partial charge in [0.05, 0.1) is 30.2 Å². The normalized spacial score (nSPS) is 15.2. The summed E-state index contributed by atoms with van der Waals surface area (Å²) in [6.07, 6.45) is 7.07. The lowest BCUT2D eigenvalue weighted by Crippen LogP contribution is -2.28. The Kier molecular flexibility index (Phi) is 10.9. The van der Waals surface area contributed by atoms with E-state index in [-0.39, 0.29) is 6.04 Å². The maximum absolute atomic E-state index is 4.64. The van der Waals surface area contributed by atoms with Crippen molar-refractivity contribution in [2.45, 2.75) is 72.0 Å². The summed E-state index contributed by atoms with van der Waals surface area (Å²) in [5.41, 5.74) is 4.02. The Labute approximate surface area is 227 Å². The van der Waals surface area contributed by atoms with Crippen molar-refractivity contribution in [1.29, 1.82) is 0 Å². The molecular formula is C32H42N6. The molecule has 1 saturated heterocycles. The van der Waals surface area contributed by atoms with Gasteiger partial charge in [0, 0.05) is 17.2 Å². The highest BCUT2D eigenvalue weighted by atomic mass is 15.0. The smallest absolute Gasteiger partial charge is 0.124 e. The van der Waals surface area contributed by atoms with Crippen LogP contribution in [0.4, 0.5) is 0 Å². The number of aromatic nitrogens is 4. The molecule has 3 heterocycles.